The lowest BCUT2D eigenvalue weighted by molar-refractivity contribution is 0.0954. The van der Waals surface area contributed by atoms with E-state index < -0.39 is 0 Å². The Hall–Kier alpha value is -2.61. The number of carbonyl (C=O) groups excluding carboxylic acids is 1. The highest BCUT2D eigenvalue weighted by Crippen LogP contribution is 2.14. The molecule has 0 saturated heterocycles. The van der Waals surface area contributed by atoms with Crippen LogP contribution >= 0.6 is 11.3 Å². The molecule has 0 aliphatic rings. The van der Waals surface area contributed by atoms with Gasteiger partial charge in [0.1, 0.15) is 10.8 Å². The Bertz CT molecular complexity index is 743. The first-order valence-corrected chi connectivity index (χ1v) is 9.85. The quantitative estimate of drug-likeness (QED) is 0.348. The van der Waals surface area contributed by atoms with Gasteiger partial charge in [-0.05, 0) is 37.6 Å². The highest BCUT2D eigenvalue weighted by atomic mass is 32.1. The first-order valence-electron chi connectivity index (χ1n) is 9.04. The number of guanidine groups is 1. The van der Waals surface area contributed by atoms with E-state index in [4.69, 9.17) is 4.74 Å². The molecule has 146 valence electrons. The van der Waals surface area contributed by atoms with Crippen molar-refractivity contribution in [3.63, 3.8) is 0 Å². The predicted octanol–water partition coefficient (Wildman–Crippen LogP) is 2.20. The minimum absolute atomic E-state index is 0.115. The van der Waals surface area contributed by atoms with Crippen molar-refractivity contribution in [1.82, 2.24) is 20.9 Å². The molecule has 0 aliphatic heterocycles. The SMILES string of the molecule is CCNC(=NCc1ncc(CC)s1)NCCNC(=O)c1ccc(OC)cc1. The number of nitrogens with one attached hydrogen (secondary N) is 3. The number of rotatable bonds is 9. The highest BCUT2D eigenvalue weighted by Gasteiger charge is 2.05. The molecule has 1 aromatic heterocycles. The summed E-state index contributed by atoms with van der Waals surface area (Å²) in [5.41, 5.74) is 0.604. The zero-order valence-corrected chi connectivity index (χ0v) is 16.9. The number of ether oxygens (including phenoxy) is 1. The Balaban J connectivity index is 1.77. The van der Waals surface area contributed by atoms with Crippen molar-refractivity contribution in [2.45, 2.75) is 26.8 Å². The van der Waals surface area contributed by atoms with Crippen molar-refractivity contribution in [2.75, 3.05) is 26.7 Å². The van der Waals surface area contributed by atoms with Crippen molar-refractivity contribution >= 4 is 23.2 Å². The third-order valence-electron chi connectivity index (χ3n) is 3.72. The number of aryl methyl sites for hydroxylation is 1. The van der Waals surface area contributed by atoms with Crippen LogP contribution in [0.15, 0.2) is 35.5 Å². The first kappa shape index (κ1) is 20.7. The van der Waals surface area contributed by atoms with E-state index in [9.17, 15) is 4.79 Å². The molecule has 1 heterocycles. The van der Waals surface area contributed by atoms with Gasteiger partial charge in [0.15, 0.2) is 5.96 Å². The number of thiazole rings is 1. The average molecular weight is 390 g/mol. The van der Waals surface area contributed by atoms with Gasteiger partial charge in [-0.15, -0.1) is 11.3 Å². The third-order valence-corrected chi connectivity index (χ3v) is 4.85. The summed E-state index contributed by atoms with van der Waals surface area (Å²) < 4.78 is 5.09. The molecule has 8 heteroatoms. The lowest BCUT2D eigenvalue weighted by Crippen LogP contribution is -2.41. The van der Waals surface area contributed by atoms with E-state index in [2.05, 4.69) is 32.9 Å². The molecule has 27 heavy (non-hydrogen) atoms. The van der Waals surface area contributed by atoms with Crippen LogP contribution in [0.1, 0.15) is 34.1 Å². The lowest BCUT2D eigenvalue weighted by Gasteiger charge is -2.11. The van der Waals surface area contributed by atoms with E-state index in [1.165, 1.54) is 4.88 Å². The summed E-state index contributed by atoms with van der Waals surface area (Å²) in [4.78, 5) is 22.3. The third kappa shape index (κ3) is 6.90. The summed E-state index contributed by atoms with van der Waals surface area (Å²) in [6.07, 6.45) is 2.90. The molecule has 0 unspecified atom stereocenters. The number of amides is 1. The van der Waals surface area contributed by atoms with Gasteiger partial charge in [-0.25, -0.2) is 9.98 Å². The second kappa shape index (κ2) is 11.2. The summed E-state index contributed by atoms with van der Waals surface area (Å²) in [5.74, 6) is 1.33. The van der Waals surface area contributed by atoms with E-state index in [1.807, 2.05) is 13.1 Å². The highest BCUT2D eigenvalue weighted by molar-refractivity contribution is 7.11. The summed E-state index contributed by atoms with van der Waals surface area (Å²) in [6.45, 7) is 6.51. The van der Waals surface area contributed by atoms with Gasteiger partial charge >= 0.3 is 0 Å². The molecule has 0 bridgehead atoms. The number of aliphatic imine (C=N–C) groups is 1. The van der Waals surface area contributed by atoms with Crippen LogP contribution in [-0.4, -0.2) is 43.6 Å². The molecule has 0 saturated carbocycles. The normalized spacial score (nSPS) is 11.1. The predicted molar refractivity (Wildman–Crippen MR) is 110 cm³/mol. The van der Waals surface area contributed by atoms with E-state index >= 15 is 0 Å². The fourth-order valence-electron chi connectivity index (χ4n) is 2.27. The molecule has 0 radical (unpaired) electrons. The molecule has 2 aromatic rings. The van der Waals surface area contributed by atoms with Crippen molar-refractivity contribution < 1.29 is 9.53 Å². The van der Waals surface area contributed by atoms with E-state index in [0.717, 1.165) is 23.7 Å². The van der Waals surface area contributed by atoms with Gasteiger partial charge in [0.05, 0.1) is 13.7 Å². The van der Waals surface area contributed by atoms with Crippen LogP contribution in [0, 0.1) is 0 Å². The number of nitrogens with zero attached hydrogens (tertiary/aromatic N) is 2. The van der Waals surface area contributed by atoms with Crippen LogP contribution in [0.25, 0.3) is 0 Å². The molecular formula is C19H27N5O2S. The Morgan fingerprint density at radius 1 is 1.15 bits per heavy atom. The zero-order chi connectivity index (χ0) is 19.5. The van der Waals surface area contributed by atoms with Crippen molar-refractivity contribution in [3.8, 4) is 5.75 Å². The van der Waals surface area contributed by atoms with Crippen molar-refractivity contribution in [1.29, 1.82) is 0 Å². The minimum Gasteiger partial charge on any atom is -0.497 e. The second-order valence-electron chi connectivity index (χ2n) is 5.68. The Morgan fingerprint density at radius 2 is 1.89 bits per heavy atom. The van der Waals surface area contributed by atoms with Gasteiger partial charge in [-0.3, -0.25) is 4.79 Å². The van der Waals surface area contributed by atoms with Gasteiger partial charge in [0.2, 0.25) is 0 Å². The van der Waals surface area contributed by atoms with E-state index in [0.29, 0.717) is 31.2 Å². The van der Waals surface area contributed by atoms with Crippen LogP contribution in [0.2, 0.25) is 0 Å². The molecular weight excluding hydrogens is 362 g/mol. The van der Waals surface area contributed by atoms with Crippen molar-refractivity contribution in [3.05, 3.63) is 45.9 Å². The van der Waals surface area contributed by atoms with Crippen LogP contribution in [0.3, 0.4) is 0 Å². The molecule has 2 rings (SSSR count). The molecule has 0 spiro atoms. The molecule has 7 nitrogen and oxygen atoms in total. The molecule has 1 amide bonds. The van der Waals surface area contributed by atoms with Gasteiger partial charge in [-0.2, -0.15) is 0 Å². The Kier molecular flexibility index (Phi) is 8.57. The summed E-state index contributed by atoms with van der Waals surface area (Å²) in [5, 5.41) is 10.3. The molecule has 1 aromatic carbocycles. The maximum atomic E-state index is 12.1. The lowest BCUT2D eigenvalue weighted by atomic mass is 10.2. The average Bonchev–Trinajstić information content (AvgIpc) is 3.17. The maximum absolute atomic E-state index is 12.1. The van der Waals surface area contributed by atoms with Crippen LogP contribution in [0.4, 0.5) is 0 Å². The number of aromatic nitrogens is 1. The maximum Gasteiger partial charge on any atom is 0.251 e. The van der Waals surface area contributed by atoms with Gasteiger partial charge in [0, 0.05) is 36.3 Å². The second-order valence-corrected chi connectivity index (χ2v) is 6.88. The van der Waals surface area contributed by atoms with Crippen LogP contribution in [-0.2, 0) is 13.0 Å². The monoisotopic (exact) mass is 389 g/mol. The minimum atomic E-state index is -0.115. The largest absolute Gasteiger partial charge is 0.497 e. The topological polar surface area (TPSA) is 87.6 Å². The Labute approximate surface area is 164 Å². The summed E-state index contributed by atoms with van der Waals surface area (Å²) in [6, 6.07) is 7.02. The number of methoxy groups -OCH3 is 1. The number of hydrogen-bond acceptors (Lipinski definition) is 5. The number of benzene rings is 1. The van der Waals surface area contributed by atoms with Gasteiger partial charge in [0.25, 0.3) is 5.91 Å². The van der Waals surface area contributed by atoms with Crippen LogP contribution in [0.5, 0.6) is 5.75 Å². The standard InChI is InChI=1S/C19H27N5O2S/c1-4-16-12-23-17(27-16)13-24-19(20-5-2)22-11-10-21-18(25)14-6-8-15(26-3)9-7-14/h6-9,12H,4-5,10-11,13H2,1-3H3,(H,21,25)(H2,20,22,24). The molecule has 0 aliphatic carbocycles. The van der Waals surface area contributed by atoms with Crippen molar-refractivity contribution in [2.24, 2.45) is 4.99 Å². The fraction of sp³-hybridized carbons (Fsp3) is 0.421. The Morgan fingerprint density at radius 3 is 2.52 bits per heavy atom. The molecule has 0 fully saturated rings. The summed E-state index contributed by atoms with van der Waals surface area (Å²) >= 11 is 1.69. The smallest absolute Gasteiger partial charge is 0.251 e. The number of hydrogen-bond donors (Lipinski definition) is 3. The first-order chi connectivity index (χ1) is 13.2. The summed E-state index contributed by atoms with van der Waals surface area (Å²) in [7, 11) is 1.60. The number of carbonyl (C=O) groups is 1. The zero-order valence-electron chi connectivity index (χ0n) is 16.0. The van der Waals surface area contributed by atoms with Gasteiger partial charge < -0.3 is 20.7 Å². The molecule has 3 N–H and O–H groups in total. The molecule has 0 atom stereocenters. The van der Waals surface area contributed by atoms with Gasteiger partial charge in [-0.1, -0.05) is 6.92 Å². The van der Waals surface area contributed by atoms with E-state index in [1.54, 1.807) is 42.7 Å². The van der Waals surface area contributed by atoms with Crippen LogP contribution < -0.4 is 20.7 Å². The fourth-order valence-corrected chi connectivity index (χ4v) is 3.06. The van der Waals surface area contributed by atoms with E-state index in [-0.39, 0.29) is 5.91 Å².